The second-order valence-electron chi connectivity index (χ2n) is 7.25. The van der Waals surface area contributed by atoms with Crippen LogP contribution in [0, 0.1) is 0 Å². The van der Waals surface area contributed by atoms with E-state index in [1.165, 1.54) is 12.1 Å². The van der Waals surface area contributed by atoms with Gasteiger partial charge in [-0.25, -0.2) is 0 Å². The van der Waals surface area contributed by atoms with E-state index in [2.05, 4.69) is 10.1 Å². The van der Waals surface area contributed by atoms with Gasteiger partial charge in [0.1, 0.15) is 5.75 Å². The third-order valence-electron chi connectivity index (χ3n) is 4.71. The minimum atomic E-state index is -4.76. The summed E-state index contributed by atoms with van der Waals surface area (Å²) in [6.07, 6.45) is -3.06. The summed E-state index contributed by atoms with van der Waals surface area (Å²) in [5.74, 6) is -0.704. The van der Waals surface area contributed by atoms with E-state index in [0.717, 1.165) is 29.9 Å². The van der Waals surface area contributed by atoms with Crippen LogP contribution in [0.2, 0.25) is 0 Å². The molecule has 0 aromatic heterocycles. The number of carbonyl (C=O) groups is 2. The van der Waals surface area contributed by atoms with E-state index in [4.69, 9.17) is 0 Å². The molecule has 29 heavy (non-hydrogen) atoms. The number of halogens is 3. The lowest BCUT2D eigenvalue weighted by molar-refractivity contribution is -0.862. The Hall–Kier alpha value is -2.29. The monoisotopic (exact) mass is 418 g/mol. The van der Waals surface area contributed by atoms with Gasteiger partial charge in [-0.2, -0.15) is 0 Å². The maximum Gasteiger partial charge on any atom is 0.573 e. The summed E-state index contributed by atoms with van der Waals surface area (Å²) >= 11 is 0. The van der Waals surface area contributed by atoms with E-state index in [1.54, 1.807) is 7.05 Å². The van der Waals surface area contributed by atoms with Gasteiger partial charge in [-0.1, -0.05) is 13.8 Å². The number of benzene rings is 1. The Morgan fingerprint density at radius 2 is 1.59 bits per heavy atom. The summed E-state index contributed by atoms with van der Waals surface area (Å²) in [4.78, 5) is 27.5. The molecule has 0 spiro atoms. The van der Waals surface area contributed by atoms with Crippen molar-refractivity contribution in [2.24, 2.45) is 0 Å². The Labute approximate surface area is 170 Å². The predicted octanol–water partition coefficient (Wildman–Crippen LogP) is 2.46. The van der Waals surface area contributed by atoms with Crippen LogP contribution in [-0.2, 0) is 9.59 Å². The first kappa shape index (κ1) is 24.7. The first-order valence-electron chi connectivity index (χ1n) is 9.74. The van der Waals surface area contributed by atoms with Gasteiger partial charge in [0.25, 0.3) is 11.8 Å². The predicted molar refractivity (Wildman–Crippen MR) is 105 cm³/mol. The Bertz CT molecular complexity index is 655. The first-order valence-corrected chi connectivity index (χ1v) is 9.74. The van der Waals surface area contributed by atoms with Crippen molar-refractivity contribution in [1.82, 2.24) is 4.90 Å². The van der Waals surface area contributed by atoms with Crippen LogP contribution in [0.1, 0.15) is 40.5 Å². The minimum Gasteiger partial charge on any atom is -0.406 e. The summed E-state index contributed by atoms with van der Waals surface area (Å²) in [6.45, 7) is 8.32. The first-order chi connectivity index (χ1) is 13.5. The van der Waals surface area contributed by atoms with Crippen molar-refractivity contribution in [3.05, 3.63) is 24.3 Å². The summed E-state index contributed by atoms with van der Waals surface area (Å²) in [5.41, 5.74) is 0.351. The Morgan fingerprint density at radius 1 is 1.07 bits per heavy atom. The molecule has 1 rings (SSSR count). The highest BCUT2D eigenvalue weighted by Gasteiger charge is 2.31. The topological polar surface area (TPSA) is 63.1 Å². The van der Waals surface area contributed by atoms with Crippen molar-refractivity contribution in [2.45, 2.75) is 59.0 Å². The van der Waals surface area contributed by atoms with Gasteiger partial charge in [0.15, 0.2) is 13.1 Å². The van der Waals surface area contributed by atoms with Crippen LogP contribution in [0.5, 0.6) is 5.75 Å². The quantitative estimate of drug-likeness (QED) is 0.614. The molecule has 6 nitrogen and oxygen atoms in total. The van der Waals surface area contributed by atoms with Crippen LogP contribution in [0.3, 0.4) is 0 Å². The van der Waals surface area contributed by atoms with E-state index < -0.39 is 6.36 Å². The maximum absolute atomic E-state index is 12.7. The molecular weight excluding hydrogens is 387 g/mol. The summed E-state index contributed by atoms with van der Waals surface area (Å²) in [7, 11) is 1.75. The molecule has 0 aliphatic rings. The zero-order valence-electron chi connectivity index (χ0n) is 17.6. The second-order valence-corrected chi connectivity index (χ2v) is 7.25. The number of amides is 2. The standard InChI is InChI=1S/C20H30F3N3O3/c1-6-14(3)26(15(4)7-2)19(28)13-25(5)12-18(27)24-16-8-10-17(11-9-16)29-20(21,22)23/h8-11,14-15H,6-7,12-13H2,1-5H3,(H,24,27)/p+1/t14-,15+. The largest absolute Gasteiger partial charge is 0.573 e. The lowest BCUT2D eigenvalue weighted by Gasteiger charge is -2.34. The van der Waals surface area contributed by atoms with Gasteiger partial charge in [0.2, 0.25) is 0 Å². The highest BCUT2D eigenvalue weighted by Crippen LogP contribution is 2.23. The Balaban J connectivity index is 2.60. The Kier molecular flexibility index (Phi) is 9.42. The number of alkyl halides is 3. The molecule has 2 N–H and O–H groups in total. The summed E-state index contributed by atoms with van der Waals surface area (Å²) < 4.78 is 40.3. The van der Waals surface area contributed by atoms with E-state index in [0.29, 0.717) is 5.69 Å². The zero-order chi connectivity index (χ0) is 22.2. The molecule has 3 atom stereocenters. The molecule has 2 amide bonds. The summed E-state index contributed by atoms with van der Waals surface area (Å²) in [5, 5.41) is 2.61. The van der Waals surface area contributed by atoms with E-state index in [1.807, 2.05) is 32.6 Å². The van der Waals surface area contributed by atoms with Crippen molar-refractivity contribution in [3.63, 3.8) is 0 Å². The van der Waals surface area contributed by atoms with Gasteiger partial charge < -0.3 is 19.9 Å². The molecular formula is C20H31F3N3O3+. The molecule has 0 saturated heterocycles. The van der Waals surface area contributed by atoms with E-state index in [-0.39, 0.29) is 42.7 Å². The van der Waals surface area contributed by atoms with Crippen LogP contribution in [0.15, 0.2) is 24.3 Å². The van der Waals surface area contributed by atoms with Crippen molar-refractivity contribution in [2.75, 3.05) is 25.5 Å². The lowest BCUT2D eigenvalue weighted by Crippen LogP contribution is -3.11. The SMILES string of the molecule is CC[C@@H](C)N(C(=O)C[NH+](C)CC(=O)Nc1ccc(OC(F)(F)F)cc1)[C@@H](C)CC. The normalized spacial score (nSPS) is 14.6. The van der Waals surface area contributed by atoms with Crippen molar-refractivity contribution in [3.8, 4) is 5.75 Å². The van der Waals surface area contributed by atoms with Crippen molar-refractivity contribution >= 4 is 17.5 Å². The van der Waals surface area contributed by atoms with Crippen LogP contribution < -0.4 is 15.0 Å². The van der Waals surface area contributed by atoms with Gasteiger partial charge in [-0.15, -0.1) is 13.2 Å². The highest BCUT2D eigenvalue weighted by molar-refractivity contribution is 5.91. The van der Waals surface area contributed by atoms with Crippen LogP contribution in [0.25, 0.3) is 0 Å². The molecule has 0 bridgehead atoms. The fraction of sp³-hybridized carbons (Fsp3) is 0.600. The lowest BCUT2D eigenvalue weighted by atomic mass is 10.1. The molecule has 0 heterocycles. The molecule has 1 unspecified atom stereocenters. The van der Waals surface area contributed by atoms with Gasteiger partial charge in [0, 0.05) is 17.8 Å². The molecule has 9 heteroatoms. The molecule has 1 aromatic carbocycles. The van der Waals surface area contributed by atoms with Gasteiger partial charge >= 0.3 is 6.36 Å². The molecule has 0 aliphatic carbocycles. The van der Waals surface area contributed by atoms with Gasteiger partial charge in [-0.05, 0) is 51.0 Å². The van der Waals surface area contributed by atoms with Crippen LogP contribution >= 0.6 is 0 Å². The molecule has 0 radical (unpaired) electrons. The number of quaternary nitrogens is 1. The fourth-order valence-electron chi connectivity index (χ4n) is 2.95. The van der Waals surface area contributed by atoms with Crippen LogP contribution in [0.4, 0.5) is 18.9 Å². The maximum atomic E-state index is 12.7. The average molecular weight is 418 g/mol. The van der Waals surface area contributed by atoms with Crippen molar-refractivity contribution < 1.29 is 32.4 Å². The van der Waals surface area contributed by atoms with Gasteiger partial charge in [-0.3, -0.25) is 9.59 Å². The zero-order valence-corrected chi connectivity index (χ0v) is 17.6. The highest BCUT2D eigenvalue weighted by atomic mass is 19.4. The van der Waals surface area contributed by atoms with Crippen molar-refractivity contribution in [1.29, 1.82) is 0 Å². The smallest absolute Gasteiger partial charge is 0.406 e. The van der Waals surface area contributed by atoms with E-state index in [9.17, 15) is 22.8 Å². The molecule has 164 valence electrons. The van der Waals surface area contributed by atoms with Gasteiger partial charge in [0.05, 0.1) is 7.05 Å². The number of hydrogen-bond acceptors (Lipinski definition) is 3. The Morgan fingerprint density at radius 3 is 2.03 bits per heavy atom. The third-order valence-corrected chi connectivity index (χ3v) is 4.71. The number of nitrogens with one attached hydrogen (secondary N) is 2. The molecule has 0 saturated carbocycles. The van der Waals surface area contributed by atoms with Crippen LogP contribution in [-0.4, -0.2) is 55.3 Å². The molecule has 0 aliphatic heterocycles. The molecule has 0 fully saturated rings. The number of hydrogen-bond donors (Lipinski definition) is 2. The number of nitrogens with zero attached hydrogens (tertiary/aromatic N) is 1. The number of carbonyl (C=O) groups excluding carboxylic acids is 2. The number of rotatable bonds is 10. The fourth-order valence-corrected chi connectivity index (χ4v) is 2.95. The number of anilines is 1. The number of likely N-dealkylation sites (N-methyl/N-ethyl adjacent to an activating group) is 1. The summed E-state index contributed by atoms with van der Waals surface area (Å²) in [6, 6.07) is 5.15. The third kappa shape index (κ3) is 8.72. The molecule has 1 aromatic rings. The number of ether oxygens (including phenoxy) is 1. The average Bonchev–Trinajstić information content (AvgIpc) is 2.61. The van der Waals surface area contributed by atoms with E-state index >= 15 is 0 Å². The second kappa shape index (κ2) is 11.0. The minimum absolute atomic E-state index is 0.00680.